The first kappa shape index (κ1) is 19.1. The fourth-order valence-electron chi connectivity index (χ4n) is 2.67. The average molecular weight is 355 g/mol. The summed E-state index contributed by atoms with van der Waals surface area (Å²) in [4.78, 5) is 37.1. The Bertz CT molecular complexity index is 827. The van der Waals surface area contributed by atoms with E-state index < -0.39 is 10.8 Å². The maximum absolute atomic E-state index is 12.4. The predicted molar refractivity (Wildman–Crippen MR) is 99.5 cm³/mol. The van der Waals surface area contributed by atoms with Gasteiger partial charge in [0.05, 0.1) is 4.92 Å². The van der Waals surface area contributed by atoms with E-state index in [1.807, 2.05) is 13.8 Å². The van der Waals surface area contributed by atoms with Gasteiger partial charge in [-0.2, -0.15) is 0 Å². The lowest BCUT2D eigenvalue weighted by molar-refractivity contribution is -0.385. The van der Waals surface area contributed by atoms with Gasteiger partial charge in [-0.3, -0.25) is 19.7 Å². The quantitative estimate of drug-likeness (QED) is 0.632. The van der Waals surface area contributed by atoms with Crippen LogP contribution in [-0.4, -0.2) is 34.7 Å². The molecule has 0 unspecified atom stereocenters. The monoisotopic (exact) mass is 355 g/mol. The number of rotatable bonds is 6. The number of aryl methyl sites for hydroxylation is 1. The van der Waals surface area contributed by atoms with Gasteiger partial charge in [0.2, 0.25) is 0 Å². The number of nitrogens with one attached hydrogen (secondary N) is 1. The van der Waals surface area contributed by atoms with Crippen molar-refractivity contribution in [3.63, 3.8) is 0 Å². The molecule has 0 aliphatic heterocycles. The molecular formula is C19H21N3O4. The summed E-state index contributed by atoms with van der Waals surface area (Å²) in [6.45, 7) is 6.63. The van der Waals surface area contributed by atoms with E-state index in [1.165, 1.54) is 6.07 Å². The van der Waals surface area contributed by atoms with Crippen LogP contribution in [-0.2, 0) is 0 Å². The summed E-state index contributed by atoms with van der Waals surface area (Å²) >= 11 is 0. The molecule has 2 rings (SSSR count). The van der Waals surface area contributed by atoms with E-state index in [2.05, 4.69) is 5.32 Å². The first-order chi connectivity index (χ1) is 12.4. The number of carbonyl (C=O) groups excluding carboxylic acids is 2. The molecule has 7 heteroatoms. The minimum atomic E-state index is -0.566. The van der Waals surface area contributed by atoms with Gasteiger partial charge < -0.3 is 10.2 Å². The van der Waals surface area contributed by atoms with E-state index in [9.17, 15) is 19.7 Å². The molecule has 0 aliphatic carbocycles. The number of nitrogens with zero attached hydrogens (tertiary/aromatic N) is 2. The molecule has 0 saturated carbocycles. The second kappa shape index (κ2) is 8.24. The second-order valence-corrected chi connectivity index (χ2v) is 5.74. The van der Waals surface area contributed by atoms with Gasteiger partial charge in [-0.15, -0.1) is 0 Å². The summed E-state index contributed by atoms with van der Waals surface area (Å²) in [5.41, 5.74) is 1.19. The molecule has 0 heterocycles. The minimum Gasteiger partial charge on any atom is -0.339 e. The zero-order valence-electron chi connectivity index (χ0n) is 15.0. The summed E-state index contributed by atoms with van der Waals surface area (Å²) in [6, 6.07) is 11.1. The first-order valence-corrected chi connectivity index (χ1v) is 8.33. The van der Waals surface area contributed by atoms with Crippen LogP contribution in [0.15, 0.2) is 42.5 Å². The normalized spacial score (nSPS) is 10.3. The molecule has 0 aromatic heterocycles. The Kier molecular flexibility index (Phi) is 6.06. The zero-order chi connectivity index (χ0) is 19.3. The smallest absolute Gasteiger partial charge is 0.285 e. The molecule has 0 spiro atoms. The van der Waals surface area contributed by atoms with Crippen molar-refractivity contribution in [2.45, 2.75) is 20.8 Å². The van der Waals surface area contributed by atoms with Gasteiger partial charge in [-0.25, -0.2) is 0 Å². The molecule has 0 aliphatic rings. The summed E-state index contributed by atoms with van der Waals surface area (Å²) in [5.74, 6) is -0.648. The van der Waals surface area contributed by atoms with E-state index in [1.54, 1.807) is 48.2 Å². The third-order valence-corrected chi connectivity index (χ3v) is 4.11. The highest BCUT2D eigenvalue weighted by molar-refractivity contribution is 6.07. The Balaban J connectivity index is 2.20. The van der Waals surface area contributed by atoms with Crippen LogP contribution in [0.25, 0.3) is 0 Å². The largest absolute Gasteiger partial charge is 0.339 e. The lowest BCUT2D eigenvalue weighted by Gasteiger charge is -2.18. The molecule has 2 amide bonds. The predicted octanol–water partition coefficient (Wildman–Crippen LogP) is 3.64. The summed E-state index contributed by atoms with van der Waals surface area (Å²) in [7, 11) is 0. The fraction of sp³-hybridized carbons (Fsp3) is 0.263. The molecule has 1 N–H and O–H groups in total. The number of para-hydroxylation sites is 1. The standard InChI is InChI=1S/C19H21N3O4/c1-4-21(5-2)19(24)14-9-11-15(12-10-14)20-18(23)16-8-6-7-13(3)17(16)22(25)26/h6-12H,4-5H2,1-3H3,(H,20,23). The molecule has 0 saturated heterocycles. The Morgan fingerprint density at radius 3 is 2.23 bits per heavy atom. The number of anilines is 1. The van der Waals surface area contributed by atoms with Crippen LogP contribution in [0.2, 0.25) is 0 Å². The third kappa shape index (κ3) is 4.05. The SMILES string of the molecule is CCN(CC)C(=O)c1ccc(NC(=O)c2cccc(C)c2[N+](=O)[O-])cc1. The van der Waals surface area contributed by atoms with Crippen molar-refractivity contribution < 1.29 is 14.5 Å². The lowest BCUT2D eigenvalue weighted by atomic mass is 10.1. The Labute approximate surface area is 151 Å². The molecule has 7 nitrogen and oxygen atoms in total. The Hall–Kier alpha value is -3.22. The summed E-state index contributed by atoms with van der Waals surface area (Å²) < 4.78 is 0. The molecule has 0 radical (unpaired) electrons. The number of hydrogen-bond donors (Lipinski definition) is 1. The molecule has 2 aromatic rings. The maximum Gasteiger partial charge on any atom is 0.285 e. The van der Waals surface area contributed by atoms with Gasteiger partial charge in [0, 0.05) is 29.9 Å². The van der Waals surface area contributed by atoms with Crippen molar-refractivity contribution in [1.29, 1.82) is 0 Å². The van der Waals surface area contributed by atoms with E-state index in [0.717, 1.165) is 0 Å². The molecule has 0 bridgehead atoms. The van der Waals surface area contributed by atoms with Gasteiger partial charge in [0.1, 0.15) is 5.56 Å². The maximum atomic E-state index is 12.4. The van der Waals surface area contributed by atoms with Crippen molar-refractivity contribution in [2.75, 3.05) is 18.4 Å². The van der Waals surface area contributed by atoms with Crippen LogP contribution in [0.3, 0.4) is 0 Å². The van der Waals surface area contributed by atoms with Crippen LogP contribution in [0.4, 0.5) is 11.4 Å². The number of nitro benzene ring substituents is 1. The van der Waals surface area contributed by atoms with Crippen LogP contribution in [0.1, 0.15) is 40.1 Å². The number of amides is 2. The summed E-state index contributed by atoms with van der Waals surface area (Å²) in [6.07, 6.45) is 0. The molecule has 2 aromatic carbocycles. The van der Waals surface area contributed by atoms with E-state index in [0.29, 0.717) is 29.9 Å². The first-order valence-electron chi connectivity index (χ1n) is 8.33. The molecule has 0 atom stereocenters. The molecular weight excluding hydrogens is 334 g/mol. The van der Waals surface area contributed by atoms with Crippen molar-refractivity contribution in [3.8, 4) is 0 Å². The number of carbonyl (C=O) groups is 2. The zero-order valence-corrected chi connectivity index (χ0v) is 15.0. The average Bonchev–Trinajstić information content (AvgIpc) is 2.62. The minimum absolute atomic E-state index is 0.00158. The highest BCUT2D eigenvalue weighted by Crippen LogP contribution is 2.24. The molecule has 26 heavy (non-hydrogen) atoms. The van der Waals surface area contributed by atoms with Gasteiger partial charge in [0.25, 0.3) is 17.5 Å². The van der Waals surface area contributed by atoms with Gasteiger partial charge in [-0.05, 0) is 51.1 Å². The molecule has 0 fully saturated rings. The van der Waals surface area contributed by atoms with Crippen LogP contribution in [0.5, 0.6) is 0 Å². The second-order valence-electron chi connectivity index (χ2n) is 5.74. The number of nitro groups is 1. The van der Waals surface area contributed by atoms with Gasteiger partial charge in [-0.1, -0.05) is 12.1 Å². The van der Waals surface area contributed by atoms with E-state index in [-0.39, 0.29) is 17.2 Å². The topological polar surface area (TPSA) is 92.6 Å². The number of hydrogen-bond acceptors (Lipinski definition) is 4. The third-order valence-electron chi connectivity index (χ3n) is 4.11. The van der Waals surface area contributed by atoms with Crippen LogP contribution < -0.4 is 5.32 Å². The Morgan fingerprint density at radius 1 is 1.08 bits per heavy atom. The fourth-order valence-corrected chi connectivity index (χ4v) is 2.67. The highest BCUT2D eigenvalue weighted by Gasteiger charge is 2.22. The van der Waals surface area contributed by atoms with Crippen molar-refractivity contribution in [1.82, 2.24) is 4.90 Å². The van der Waals surface area contributed by atoms with Crippen molar-refractivity contribution in [2.24, 2.45) is 0 Å². The highest BCUT2D eigenvalue weighted by atomic mass is 16.6. The number of benzene rings is 2. The van der Waals surface area contributed by atoms with E-state index >= 15 is 0 Å². The lowest BCUT2D eigenvalue weighted by Crippen LogP contribution is -2.30. The summed E-state index contributed by atoms with van der Waals surface area (Å²) in [5, 5.41) is 13.9. The molecule has 136 valence electrons. The Morgan fingerprint density at radius 2 is 1.69 bits per heavy atom. The van der Waals surface area contributed by atoms with Crippen LogP contribution >= 0.6 is 0 Å². The van der Waals surface area contributed by atoms with Crippen LogP contribution in [0, 0.1) is 17.0 Å². The van der Waals surface area contributed by atoms with Gasteiger partial charge >= 0.3 is 0 Å². The van der Waals surface area contributed by atoms with Crippen molar-refractivity contribution in [3.05, 3.63) is 69.3 Å². The van der Waals surface area contributed by atoms with Crippen molar-refractivity contribution >= 4 is 23.2 Å². The van der Waals surface area contributed by atoms with E-state index in [4.69, 9.17) is 0 Å². The van der Waals surface area contributed by atoms with Gasteiger partial charge in [0.15, 0.2) is 0 Å².